The van der Waals surface area contributed by atoms with Crippen LogP contribution in [0.4, 0.5) is 0 Å². The lowest BCUT2D eigenvalue weighted by Crippen LogP contribution is -2.33. The standard InChI is InChI=1S/C16H26N2/c1-12(2)14-4-6-16(7-5-14)18-11-15-10-17-9-8-13(15)3/h8-10,12,14,16,18H,4-7,11H2,1-3H3. The first-order chi connectivity index (χ1) is 8.66. The number of nitrogens with zero attached hydrogens (tertiary/aromatic N) is 1. The monoisotopic (exact) mass is 246 g/mol. The highest BCUT2D eigenvalue weighted by atomic mass is 14.9. The summed E-state index contributed by atoms with van der Waals surface area (Å²) >= 11 is 0. The highest BCUT2D eigenvalue weighted by Crippen LogP contribution is 2.29. The van der Waals surface area contributed by atoms with Crippen LogP contribution >= 0.6 is 0 Å². The minimum absolute atomic E-state index is 0.708. The Hall–Kier alpha value is -0.890. The van der Waals surface area contributed by atoms with Gasteiger partial charge in [0.15, 0.2) is 0 Å². The van der Waals surface area contributed by atoms with E-state index in [0.717, 1.165) is 18.4 Å². The quantitative estimate of drug-likeness (QED) is 0.876. The van der Waals surface area contributed by atoms with Crippen LogP contribution < -0.4 is 5.32 Å². The van der Waals surface area contributed by atoms with Crippen LogP contribution in [-0.2, 0) is 6.54 Å². The largest absolute Gasteiger partial charge is 0.310 e. The molecule has 1 aliphatic carbocycles. The van der Waals surface area contributed by atoms with Crippen LogP contribution in [0.25, 0.3) is 0 Å². The van der Waals surface area contributed by atoms with Crippen molar-refractivity contribution < 1.29 is 0 Å². The number of pyridine rings is 1. The van der Waals surface area contributed by atoms with Crippen molar-refractivity contribution in [1.29, 1.82) is 0 Å². The zero-order chi connectivity index (χ0) is 13.0. The molecule has 1 aliphatic rings. The Bertz CT molecular complexity index is 365. The zero-order valence-electron chi connectivity index (χ0n) is 11.9. The van der Waals surface area contributed by atoms with Crippen LogP contribution in [0.2, 0.25) is 0 Å². The Kier molecular flexibility index (Phi) is 4.76. The van der Waals surface area contributed by atoms with Crippen LogP contribution in [-0.4, -0.2) is 11.0 Å². The van der Waals surface area contributed by atoms with Gasteiger partial charge in [0, 0.05) is 25.0 Å². The van der Waals surface area contributed by atoms with E-state index in [1.165, 1.54) is 36.8 Å². The lowest BCUT2D eigenvalue weighted by Gasteiger charge is -2.31. The smallest absolute Gasteiger partial charge is 0.0315 e. The van der Waals surface area contributed by atoms with E-state index in [2.05, 4.69) is 37.1 Å². The molecule has 1 saturated carbocycles. The molecule has 18 heavy (non-hydrogen) atoms. The predicted molar refractivity (Wildman–Crippen MR) is 76.4 cm³/mol. The molecule has 0 amide bonds. The van der Waals surface area contributed by atoms with Crippen molar-refractivity contribution in [2.45, 2.75) is 59.0 Å². The Morgan fingerprint density at radius 2 is 2.00 bits per heavy atom. The second kappa shape index (κ2) is 6.33. The zero-order valence-corrected chi connectivity index (χ0v) is 11.9. The molecule has 2 nitrogen and oxygen atoms in total. The molecule has 1 N–H and O–H groups in total. The third-order valence-electron chi connectivity index (χ3n) is 4.44. The summed E-state index contributed by atoms with van der Waals surface area (Å²) in [5.74, 6) is 1.80. The van der Waals surface area contributed by atoms with Crippen molar-refractivity contribution in [3.63, 3.8) is 0 Å². The van der Waals surface area contributed by atoms with Crippen LogP contribution in [0.5, 0.6) is 0 Å². The van der Waals surface area contributed by atoms with Gasteiger partial charge < -0.3 is 5.32 Å². The molecule has 0 bridgehead atoms. The first-order valence-electron chi connectivity index (χ1n) is 7.29. The second-order valence-electron chi connectivity index (χ2n) is 6.04. The molecule has 100 valence electrons. The summed E-state index contributed by atoms with van der Waals surface area (Å²) in [6, 6.07) is 2.80. The van der Waals surface area contributed by atoms with Crippen molar-refractivity contribution >= 4 is 0 Å². The lowest BCUT2D eigenvalue weighted by atomic mass is 9.79. The van der Waals surface area contributed by atoms with Gasteiger partial charge in [-0.05, 0) is 61.6 Å². The minimum Gasteiger partial charge on any atom is -0.310 e. The number of aryl methyl sites for hydroxylation is 1. The molecule has 1 aromatic heterocycles. The fraction of sp³-hybridized carbons (Fsp3) is 0.688. The van der Waals surface area contributed by atoms with Gasteiger partial charge in [0.1, 0.15) is 0 Å². The normalized spacial score (nSPS) is 24.4. The number of rotatable bonds is 4. The van der Waals surface area contributed by atoms with Gasteiger partial charge in [-0.3, -0.25) is 4.98 Å². The van der Waals surface area contributed by atoms with Gasteiger partial charge in [-0.2, -0.15) is 0 Å². The summed E-state index contributed by atoms with van der Waals surface area (Å²) in [5, 5.41) is 3.70. The predicted octanol–water partition coefficient (Wildman–Crippen LogP) is 3.69. The maximum absolute atomic E-state index is 4.20. The Morgan fingerprint density at radius 3 is 2.61 bits per heavy atom. The summed E-state index contributed by atoms with van der Waals surface area (Å²) < 4.78 is 0. The van der Waals surface area contributed by atoms with Crippen LogP contribution in [0, 0.1) is 18.8 Å². The fourth-order valence-electron chi connectivity index (χ4n) is 2.93. The van der Waals surface area contributed by atoms with E-state index >= 15 is 0 Å². The summed E-state index contributed by atoms with van der Waals surface area (Å²) in [5.41, 5.74) is 2.68. The highest BCUT2D eigenvalue weighted by Gasteiger charge is 2.22. The Balaban J connectivity index is 1.77. The molecule has 1 heterocycles. The van der Waals surface area contributed by atoms with E-state index in [0.29, 0.717) is 6.04 Å². The second-order valence-corrected chi connectivity index (χ2v) is 6.04. The summed E-state index contributed by atoms with van der Waals surface area (Å²) in [4.78, 5) is 4.20. The van der Waals surface area contributed by atoms with E-state index in [4.69, 9.17) is 0 Å². The fourth-order valence-corrected chi connectivity index (χ4v) is 2.93. The van der Waals surface area contributed by atoms with Gasteiger partial charge in [-0.15, -0.1) is 0 Å². The lowest BCUT2D eigenvalue weighted by molar-refractivity contribution is 0.238. The van der Waals surface area contributed by atoms with Gasteiger partial charge in [0.05, 0.1) is 0 Å². The summed E-state index contributed by atoms with van der Waals surface area (Å²) in [6.07, 6.45) is 9.31. The molecule has 0 spiro atoms. The van der Waals surface area contributed by atoms with E-state index in [1.54, 1.807) is 0 Å². The molecule has 0 atom stereocenters. The van der Waals surface area contributed by atoms with Crippen molar-refractivity contribution in [3.8, 4) is 0 Å². The average molecular weight is 246 g/mol. The van der Waals surface area contributed by atoms with E-state index in [-0.39, 0.29) is 0 Å². The highest BCUT2D eigenvalue weighted by molar-refractivity contribution is 5.21. The van der Waals surface area contributed by atoms with Crippen molar-refractivity contribution in [2.24, 2.45) is 11.8 Å². The number of nitrogens with one attached hydrogen (secondary N) is 1. The Morgan fingerprint density at radius 1 is 1.28 bits per heavy atom. The van der Waals surface area contributed by atoms with Crippen LogP contribution in [0.15, 0.2) is 18.5 Å². The minimum atomic E-state index is 0.708. The molecule has 1 fully saturated rings. The van der Waals surface area contributed by atoms with Crippen molar-refractivity contribution in [1.82, 2.24) is 10.3 Å². The summed E-state index contributed by atoms with van der Waals surface area (Å²) in [7, 11) is 0. The topological polar surface area (TPSA) is 24.9 Å². The molecule has 0 unspecified atom stereocenters. The first-order valence-corrected chi connectivity index (χ1v) is 7.29. The molecular weight excluding hydrogens is 220 g/mol. The SMILES string of the molecule is Cc1ccncc1CNC1CCC(C(C)C)CC1. The van der Waals surface area contributed by atoms with E-state index in [1.807, 2.05) is 12.4 Å². The first kappa shape index (κ1) is 13.5. The maximum atomic E-state index is 4.20. The number of aromatic nitrogens is 1. The molecule has 0 radical (unpaired) electrons. The van der Waals surface area contributed by atoms with E-state index in [9.17, 15) is 0 Å². The van der Waals surface area contributed by atoms with Crippen LogP contribution in [0.3, 0.4) is 0 Å². The van der Waals surface area contributed by atoms with Crippen molar-refractivity contribution in [2.75, 3.05) is 0 Å². The molecule has 0 saturated heterocycles. The maximum Gasteiger partial charge on any atom is 0.0315 e. The molecule has 0 aliphatic heterocycles. The van der Waals surface area contributed by atoms with Gasteiger partial charge in [-0.1, -0.05) is 13.8 Å². The molecule has 1 aromatic rings. The van der Waals surface area contributed by atoms with Gasteiger partial charge in [-0.25, -0.2) is 0 Å². The van der Waals surface area contributed by atoms with Gasteiger partial charge in [0.25, 0.3) is 0 Å². The number of hydrogen-bond donors (Lipinski definition) is 1. The Labute approximate surface area is 111 Å². The third kappa shape index (κ3) is 3.55. The molecule has 0 aromatic carbocycles. The average Bonchev–Trinajstić information content (AvgIpc) is 2.38. The summed E-state index contributed by atoms with van der Waals surface area (Å²) in [6.45, 7) is 7.85. The van der Waals surface area contributed by atoms with Gasteiger partial charge >= 0.3 is 0 Å². The molecular formula is C16H26N2. The van der Waals surface area contributed by atoms with E-state index < -0.39 is 0 Å². The molecule has 2 heteroatoms. The molecule has 2 rings (SSSR count). The van der Waals surface area contributed by atoms with Crippen molar-refractivity contribution in [3.05, 3.63) is 29.6 Å². The van der Waals surface area contributed by atoms with Gasteiger partial charge in [0.2, 0.25) is 0 Å². The third-order valence-corrected chi connectivity index (χ3v) is 4.44. The number of hydrogen-bond acceptors (Lipinski definition) is 2. The van der Waals surface area contributed by atoms with Crippen LogP contribution in [0.1, 0.15) is 50.7 Å².